The third-order valence-corrected chi connectivity index (χ3v) is 1.21. The highest BCUT2D eigenvalue weighted by Gasteiger charge is 2.04. The lowest BCUT2D eigenvalue weighted by atomic mass is 10.3. The maximum atomic E-state index is 10.9. The van der Waals surface area contributed by atoms with E-state index in [0.717, 1.165) is 6.08 Å². The number of aryl methyl sites for hydroxylation is 1. The standard InChI is InChI=1S/C8H8O3/c1-6-2-3-8(11-6)7(10)4-5-9/h2-5,9H,1H3/b5-4-. The van der Waals surface area contributed by atoms with E-state index in [4.69, 9.17) is 9.52 Å². The Kier molecular flexibility index (Phi) is 2.11. The molecule has 0 bridgehead atoms. The Morgan fingerprint density at radius 1 is 1.64 bits per heavy atom. The summed E-state index contributed by atoms with van der Waals surface area (Å²) in [6, 6.07) is 3.26. The SMILES string of the molecule is Cc1ccc(C(=O)/C=C\O)o1. The monoisotopic (exact) mass is 152 g/mol. The van der Waals surface area contributed by atoms with Crippen LogP contribution in [0.25, 0.3) is 0 Å². The fourth-order valence-corrected chi connectivity index (χ4v) is 0.717. The lowest BCUT2D eigenvalue weighted by Crippen LogP contribution is -1.89. The van der Waals surface area contributed by atoms with E-state index in [-0.39, 0.29) is 11.5 Å². The number of allylic oxidation sites excluding steroid dienone is 1. The van der Waals surface area contributed by atoms with Gasteiger partial charge in [-0.05, 0) is 19.1 Å². The fraction of sp³-hybridized carbons (Fsp3) is 0.125. The third kappa shape index (κ3) is 1.70. The quantitative estimate of drug-likeness (QED) is 0.399. The van der Waals surface area contributed by atoms with Crippen LogP contribution >= 0.6 is 0 Å². The molecule has 0 aliphatic rings. The van der Waals surface area contributed by atoms with Crippen molar-refractivity contribution in [3.8, 4) is 0 Å². The highest BCUT2D eigenvalue weighted by atomic mass is 16.3. The van der Waals surface area contributed by atoms with Crippen molar-refractivity contribution in [1.82, 2.24) is 0 Å². The summed E-state index contributed by atoms with van der Waals surface area (Å²) in [4.78, 5) is 10.9. The highest BCUT2D eigenvalue weighted by Crippen LogP contribution is 2.06. The molecular formula is C8H8O3. The summed E-state index contributed by atoms with van der Waals surface area (Å²) in [5, 5.41) is 8.26. The summed E-state index contributed by atoms with van der Waals surface area (Å²) in [5.74, 6) is 0.591. The summed E-state index contributed by atoms with van der Waals surface area (Å²) in [5.41, 5.74) is 0. The number of hydrogen-bond acceptors (Lipinski definition) is 3. The molecule has 0 aromatic carbocycles. The maximum absolute atomic E-state index is 10.9. The number of aliphatic hydroxyl groups is 1. The number of ketones is 1. The molecule has 1 rings (SSSR count). The molecule has 0 aliphatic heterocycles. The van der Waals surface area contributed by atoms with Crippen LogP contribution in [0.3, 0.4) is 0 Å². The number of aliphatic hydroxyl groups excluding tert-OH is 1. The molecule has 0 saturated heterocycles. The van der Waals surface area contributed by atoms with Crippen LogP contribution in [0.4, 0.5) is 0 Å². The van der Waals surface area contributed by atoms with E-state index in [1.807, 2.05) is 0 Å². The molecule has 0 amide bonds. The predicted molar refractivity (Wildman–Crippen MR) is 39.5 cm³/mol. The van der Waals surface area contributed by atoms with Crippen molar-refractivity contribution < 1.29 is 14.3 Å². The molecule has 0 aliphatic carbocycles. The molecule has 0 fully saturated rings. The van der Waals surface area contributed by atoms with E-state index in [0.29, 0.717) is 12.0 Å². The van der Waals surface area contributed by atoms with Gasteiger partial charge in [-0.15, -0.1) is 0 Å². The molecule has 0 unspecified atom stereocenters. The van der Waals surface area contributed by atoms with Crippen molar-refractivity contribution in [1.29, 1.82) is 0 Å². The minimum atomic E-state index is -0.333. The molecule has 11 heavy (non-hydrogen) atoms. The van der Waals surface area contributed by atoms with Crippen LogP contribution in [0.5, 0.6) is 0 Å². The zero-order chi connectivity index (χ0) is 8.27. The van der Waals surface area contributed by atoms with Crippen molar-refractivity contribution in [2.45, 2.75) is 6.92 Å². The van der Waals surface area contributed by atoms with Gasteiger partial charge in [0, 0.05) is 6.08 Å². The smallest absolute Gasteiger partial charge is 0.224 e. The molecule has 3 nitrogen and oxygen atoms in total. The number of carbonyl (C=O) groups excluding carboxylic acids is 1. The van der Waals surface area contributed by atoms with Crippen LogP contribution in [-0.2, 0) is 0 Å². The summed E-state index contributed by atoms with van der Waals surface area (Å²) < 4.78 is 4.99. The van der Waals surface area contributed by atoms with Crippen LogP contribution in [0.1, 0.15) is 16.3 Å². The Morgan fingerprint density at radius 3 is 2.82 bits per heavy atom. The second kappa shape index (κ2) is 3.05. The molecule has 0 radical (unpaired) electrons. The van der Waals surface area contributed by atoms with Crippen molar-refractivity contribution in [3.05, 3.63) is 36.0 Å². The third-order valence-electron chi connectivity index (χ3n) is 1.21. The molecular weight excluding hydrogens is 144 g/mol. The molecule has 58 valence electrons. The second-order valence-corrected chi connectivity index (χ2v) is 2.09. The van der Waals surface area contributed by atoms with E-state index < -0.39 is 0 Å². The average Bonchev–Trinajstić information content (AvgIpc) is 2.36. The first-order chi connectivity index (χ1) is 5.24. The molecule has 1 heterocycles. The van der Waals surface area contributed by atoms with Gasteiger partial charge < -0.3 is 9.52 Å². The van der Waals surface area contributed by atoms with Crippen LogP contribution in [-0.4, -0.2) is 10.9 Å². The van der Waals surface area contributed by atoms with Crippen LogP contribution < -0.4 is 0 Å². The average molecular weight is 152 g/mol. The van der Waals surface area contributed by atoms with E-state index in [1.165, 1.54) is 0 Å². The lowest BCUT2D eigenvalue weighted by Gasteiger charge is -1.85. The summed E-state index contributed by atoms with van der Waals surface area (Å²) in [6.45, 7) is 1.75. The molecule has 0 saturated carbocycles. The van der Waals surface area contributed by atoms with E-state index in [9.17, 15) is 4.79 Å². The first kappa shape index (κ1) is 7.60. The van der Waals surface area contributed by atoms with Gasteiger partial charge in [0.25, 0.3) is 0 Å². The molecule has 1 N–H and O–H groups in total. The minimum absolute atomic E-state index is 0.243. The van der Waals surface area contributed by atoms with Crippen molar-refractivity contribution in [2.75, 3.05) is 0 Å². The Morgan fingerprint density at radius 2 is 2.36 bits per heavy atom. The number of carbonyl (C=O) groups is 1. The van der Waals surface area contributed by atoms with E-state index in [1.54, 1.807) is 19.1 Å². The summed E-state index contributed by atoms with van der Waals surface area (Å²) in [6.07, 6.45) is 1.73. The minimum Gasteiger partial charge on any atom is -0.515 e. The van der Waals surface area contributed by atoms with Gasteiger partial charge in [0.1, 0.15) is 5.76 Å². The maximum Gasteiger partial charge on any atom is 0.224 e. The van der Waals surface area contributed by atoms with Gasteiger partial charge in [0.05, 0.1) is 6.26 Å². The van der Waals surface area contributed by atoms with Gasteiger partial charge in [0.2, 0.25) is 5.78 Å². The molecule has 0 spiro atoms. The Labute approximate surface area is 64.0 Å². The van der Waals surface area contributed by atoms with Crippen molar-refractivity contribution >= 4 is 5.78 Å². The summed E-state index contributed by atoms with van der Waals surface area (Å²) >= 11 is 0. The highest BCUT2D eigenvalue weighted by molar-refractivity contribution is 6.02. The van der Waals surface area contributed by atoms with Gasteiger partial charge in [-0.3, -0.25) is 4.79 Å². The number of rotatable bonds is 2. The molecule has 1 aromatic rings. The van der Waals surface area contributed by atoms with Gasteiger partial charge >= 0.3 is 0 Å². The largest absolute Gasteiger partial charge is 0.515 e. The van der Waals surface area contributed by atoms with E-state index >= 15 is 0 Å². The first-order valence-corrected chi connectivity index (χ1v) is 3.15. The van der Waals surface area contributed by atoms with Gasteiger partial charge in [0.15, 0.2) is 5.76 Å². The van der Waals surface area contributed by atoms with Crippen LogP contribution in [0.15, 0.2) is 28.9 Å². The predicted octanol–water partition coefficient (Wildman–Crippen LogP) is 1.84. The summed E-state index contributed by atoms with van der Waals surface area (Å²) in [7, 11) is 0. The number of furan rings is 1. The zero-order valence-corrected chi connectivity index (χ0v) is 6.07. The van der Waals surface area contributed by atoms with Crippen molar-refractivity contribution in [3.63, 3.8) is 0 Å². The van der Waals surface area contributed by atoms with Gasteiger partial charge in [-0.2, -0.15) is 0 Å². The van der Waals surface area contributed by atoms with E-state index in [2.05, 4.69) is 0 Å². The Hall–Kier alpha value is -1.51. The Balaban J connectivity index is 2.85. The zero-order valence-electron chi connectivity index (χ0n) is 6.07. The van der Waals surface area contributed by atoms with Gasteiger partial charge in [-0.25, -0.2) is 0 Å². The molecule has 3 heteroatoms. The van der Waals surface area contributed by atoms with Crippen molar-refractivity contribution in [2.24, 2.45) is 0 Å². The lowest BCUT2D eigenvalue weighted by molar-refractivity contribution is 0.101. The first-order valence-electron chi connectivity index (χ1n) is 3.15. The topological polar surface area (TPSA) is 50.4 Å². The fourth-order valence-electron chi connectivity index (χ4n) is 0.717. The Bertz CT molecular complexity index is 283. The molecule has 1 aromatic heterocycles. The van der Waals surface area contributed by atoms with Crippen LogP contribution in [0.2, 0.25) is 0 Å². The number of hydrogen-bond donors (Lipinski definition) is 1. The normalized spacial score (nSPS) is 10.6. The van der Waals surface area contributed by atoms with Crippen LogP contribution in [0, 0.1) is 6.92 Å². The molecule has 0 atom stereocenters. The second-order valence-electron chi connectivity index (χ2n) is 2.09. The van der Waals surface area contributed by atoms with Gasteiger partial charge in [-0.1, -0.05) is 0 Å².